The lowest BCUT2D eigenvalue weighted by atomic mass is 9.87. The van der Waals surface area contributed by atoms with E-state index < -0.39 is 0 Å². The first kappa shape index (κ1) is 33.1. The van der Waals surface area contributed by atoms with Crippen molar-refractivity contribution < 1.29 is 18.7 Å². The standard InChI is InChI=1S/C37H51FN4O3/c1-6-42-35(22-31(40-42)19-26-11-13-32(14-12-26)44-7-2)27-15-17-41(18-16-27)25-29-21-33(45-36(43)24-39-37(3,4)5)23-34(29)28-9-8-10-30(38)20-28/h8-14,20,22,27,29,33-34,39H,6-7,15-19,21,23-25H2,1-5H3/t29-,33+,34-/m1/s1. The number of piperidine rings is 1. The maximum Gasteiger partial charge on any atom is 0.320 e. The van der Waals surface area contributed by atoms with Crippen molar-refractivity contribution in [3.05, 3.63) is 82.9 Å². The molecule has 2 heterocycles. The minimum Gasteiger partial charge on any atom is -0.494 e. The molecule has 45 heavy (non-hydrogen) atoms. The van der Waals surface area contributed by atoms with Crippen molar-refractivity contribution in [2.75, 3.05) is 32.8 Å². The van der Waals surface area contributed by atoms with Crippen molar-refractivity contribution in [1.82, 2.24) is 20.0 Å². The van der Waals surface area contributed by atoms with Gasteiger partial charge in [-0.25, -0.2) is 4.39 Å². The predicted molar refractivity (Wildman–Crippen MR) is 176 cm³/mol. The van der Waals surface area contributed by atoms with Gasteiger partial charge in [-0.15, -0.1) is 0 Å². The second-order valence-electron chi connectivity index (χ2n) is 13.8. The first-order chi connectivity index (χ1) is 21.6. The highest BCUT2D eigenvalue weighted by molar-refractivity contribution is 5.72. The van der Waals surface area contributed by atoms with E-state index in [1.165, 1.54) is 17.3 Å². The molecule has 1 aliphatic heterocycles. The molecule has 0 radical (unpaired) electrons. The van der Waals surface area contributed by atoms with Crippen LogP contribution < -0.4 is 10.1 Å². The second-order valence-corrected chi connectivity index (χ2v) is 13.8. The topological polar surface area (TPSA) is 68.6 Å². The number of nitrogens with one attached hydrogen (secondary N) is 1. The number of aromatic nitrogens is 2. The highest BCUT2D eigenvalue weighted by Crippen LogP contribution is 2.42. The lowest BCUT2D eigenvalue weighted by molar-refractivity contribution is -0.148. The second kappa shape index (κ2) is 14.9. The molecule has 0 spiro atoms. The molecule has 8 heteroatoms. The summed E-state index contributed by atoms with van der Waals surface area (Å²) < 4.78 is 28.0. The SMILES string of the molecule is CCOc1ccc(Cc2cc(C3CCN(C[C@H]4C[C@H](OC(=O)CNC(C)(C)C)C[C@@H]4c4cccc(F)c4)CC3)n(CC)n2)cc1. The normalized spacial score (nSPS) is 21.2. The van der Waals surface area contributed by atoms with Crippen molar-refractivity contribution in [3.8, 4) is 5.75 Å². The van der Waals surface area contributed by atoms with E-state index in [0.29, 0.717) is 18.4 Å². The predicted octanol–water partition coefficient (Wildman–Crippen LogP) is 6.70. The molecule has 1 N–H and O–H groups in total. The van der Waals surface area contributed by atoms with Crippen LogP contribution in [0.5, 0.6) is 5.75 Å². The summed E-state index contributed by atoms with van der Waals surface area (Å²) >= 11 is 0. The Morgan fingerprint density at radius 1 is 1.04 bits per heavy atom. The van der Waals surface area contributed by atoms with Crippen LogP contribution in [0.1, 0.15) is 94.7 Å². The Kier molecular flexibility index (Phi) is 11.0. The molecular formula is C37H51FN4O3. The highest BCUT2D eigenvalue weighted by Gasteiger charge is 2.39. The van der Waals surface area contributed by atoms with Gasteiger partial charge < -0.3 is 19.7 Å². The quantitative estimate of drug-likeness (QED) is 0.228. The van der Waals surface area contributed by atoms with Gasteiger partial charge in [0.25, 0.3) is 0 Å². The zero-order valence-corrected chi connectivity index (χ0v) is 27.7. The molecule has 244 valence electrons. The third kappa shape index (κ3) is 9.17. The van der Waals surface area contributed by atoms with Gasteiger partial charge in [-0.3, -0.25) is 9.48 Å². The molecule has 1 saturated heterocycles. The van der Waals surface area contributed by atoms with Gasteiger partial charge in [0.05, 0.1) is 18.8 Å². The summed E-state index contributed by atoms with van der Waals surface area (Å²) in [5.74, 6) is 1.42. The Bertz CT molecular complexity index is 1390. The molecular weight excluding hydrogens is 567 g/mol. The van der Waals surface area contributed by atoms with Crippen molar-refractivity contribution in [2.24, 2.45) is 5.92 Å². The maximum atomic E-state index is 14.2. The summed E-state index contributed by atoms with van der Waals surface area (Å²) in [6, 6.07) is 17.6. The van der Waals surface area contributed by atoms with Crippen LogP contribution in [0.4, 0.5) is 4.39 Å². The van der Waals surface area contributed by atoms with E-state index in [1.807, 2.05) is 45.9 Å². The van der Waals surface area contributed by atoms with Crippen molar-refractivity contribution in [2.45, 2.75) is 96.7 Å². The Morgan fingerprint density at radius 2 is 1.80 bits per heavy atom. The first-order valence-electron chi connectivity index (χ1n) is 16.8. The van der Waals surface area contributed by atoms with Crippen LogP contribution in [-0.2, 0) is 22.5 Å². The number of benzene rings is 2. The summed E-state index contributed by atoms with van der Waals surface area (Å²) in [4.78, 5) is 15.2. The fourth-order valence-electron chi connectivity index (χ4n) is 7.06. The van der Waals surface area contributed by atoms with Gasteiger partial charge in [0, 0.05) is 36.7 Å². The fraction of sp³-hybridized carbons (Fsp3) is 0.568. The highest BCUT2D eigenvalue weighted by atomic mass is 19.1. The zero-order chi connectivity index (χ0) is 32.0. The summed E-state index contributed by atoms with van der Waals surface area (Å²) in [7, 11) is 0. The van der Waals surface area contributed by atoms with E-state index in [0.717, 1.165) is 75.3 Å². The molecule has 1 aromatic heterocycles. The van der Waals surface area contributed by atoms with E-state index in [-0.39, 0.29) is 35.9 Å². The number of halogens is 1. The molecule has 7 nitrogen and oxygen atoms in total. The van der Waals surface area contributed by atoms with Crippen molar-refractivity contribution in [3.63, 3.8) is 0 Å². The Morgan fingerprint density at radius 3 is 2.47 bits per heavy atom. The van der Waals surface area contributed by atoms with Crippen molar-refractivity contribution >= 4 is 5.97 Å². The number of carbonyl (C=O) groups is 1. The lowest BCUT2D eigenvalue weighted by Gasteiger charge is -2.35. The third-order valence-corrected chi connectivity index (χ3v) is 9.27. The number of rotatable bonds is 12. The molecule has 2 fully saturated rings. The minimum atomic E-state index is -0.219. The van der Waals surface area contributed by atoms with Gasteiger partial charge in [0.1, 0.15) is 17.7 Å². The van der Waals surface area contributed by atoms with E-state index in [9.17, 15) is 9.18 Å². The van der Waals surface area contributed by atoms with Crippen LogP contribution in [0.2, 0.25) is 0 Å². The average molecular weight is 619 g/mol. The number of hydrogen-bond donors (Lipinski definition) is 1. The number of likely N-dealkylation sites (tertiary alicyclic amines) is 1. The van der Waals surface area contributed by atoms with Crippen LogP contribution in [-0.4, -0.2) is 65.1 Å². The molecule has 0 amide bonds. The van der Waals surface area contributed by atoms with Gasteiger partial charge >= 0.3 is 5.97 Å². The Labute approximate surface area is 268 Å². The molecule has 3 aromatic rings. The summed E-state index contributed by atoms with van der Waals surface area (Å²) in [6.45, 7) is 15.0. The first-order valence-corrected chi connectivity index (χ1v) is 16.8. The van der Waals surface area contributed by atoms with E-state index in [4.69, 9.17) is 14.6 Å². The number of esters is 1. The summed E-state index contributed by atoms with van der Waals surface area (Å²) in [5.41, 5.74) is 4.54. The van der Waals surface area contributed by atoms with Gasteiger partial charge in [-0.2, -0.15) is 5.10 Å². The van der Waals surface area contributed by atoms with E-state index >= 15 is 0 Å². The van der Waals surface area contributed by atoms with Crippen LogP contribution in [0, 0.1) is 11.7 Å². The van der Waals surface area contributed by atoms with Gasteiger partial charge in [-0.05, 0) is 127 Å². The van der Waals surface area contributed by atoms with Crippen LogP contribution in [0.25, 0.3) is 0 Å². The van der Waals surface area contributed by atoms with Crippen LogP contribution in [0.15, 0.2) is 54.6 Å². The van der Waals surface area contributed by atoms with E-state index in [1.54, 1.807) is 12.1 Å². The molecule has 1 aliphatic carbocycles. The Balaban J connectivity index is 1.19. The van der Waals surface area contributed by atoms with Gasteiger partial charge in [0.2, 0.25) is 0 Å². The molecule has 2 aromatic carbocycles. The molecule has 0 unspecified atom stereocenters. The van der Waals surface area contributed by atoms with Crippen LogP contribution >= 0.6 is 0 Å². The summed E-state index contributed by atoms with van der Waals surface area (Å²) in [6.07, 6.45) is 4.37. The smallest absolute Gasteiger partial charge is 0.320 e. The number of ether oxygens (including phenoxy) is 2. The van der Waals surface area contributed by atoms with Crippen molar-refractivity contribution in [1.29, 1.82) is 0 Å². The monoisotopic (exact) mass is 618 g/mol. The van der Waals surface area contributed by atoms with Gasteiger partial charge in [-0.1, -0.05) is 24.3 Å². The fourth-order valence-corrected chi connectivity index (χ4v) is 7.06. The largest absolute Gasteiger partial charge is 0.494 e. The number of nitrogens with zero attached hydrogens (tertiary/aromatic N) is 3. The molecule has 3 atom stereocenters. The zero-order valence-electron chi connectivity index (χ0n) is 27.7. The van der Waals surface area contributed by atoms with Crippen LogP contribution in [0.3, 0.4) is 0 Å². The molecule has 5 rings (SSSR count). The average Bonchev–Trinajstić information content (AvgIpc) is 3.61. The minimum absolute atomic E-state index is 0.150. The summed E-state index contributed by atoms with van der Waals surface area (Å²) in [5, 5.41) is 8.19. The third-order valence-electron chi connectivity index (χ3n) is 9.27. The number of hydrogen-bond acceptors (Lipinski definition) is 6. The molecule has 0 bridgehead atoms. The number of carbonyl (C=O) groups excluding carboxylic acids is 1. The lowest BCUT2D eigenvalue weighted by Crippen LogP contribution is -2.40. The molecule has 2 aliphatic rings. The van der Waals surface area contributed by atoms with E-state index in [2.05, 4.69) is 40.0 Å². The molecule has 1 saturated carbocycles. The maximum absolute atomic E-state index is 14.2. The Hall–Kier alpha value is -3.23. The van der Waals surface area contributed by atoms with Gasteiger partial charge in [0.15, 0.2) is 0 Å². The number of aryl methyl sites for hydroxylation is 1.